The minimum absolute atomic E-state index is 0.0838. The number of carbonyl (C=O) groups is 1. The van der Waals surface area contributed by atoms with Crippen molar-refractivity contribution >= 4 is 5.97 Å². The smallest absolute Gasteiger partial charge is 0.338 e. The summed E-state index contributed by atoms with van der Waals surface area (Å²) in [6.07, 6.45) is 6.88. The zero-order valence-corrected chi connectivity index (χ0v) is 17.1. The Kier molecular flexibility index (Phi) is 6.60. The van der Waals surface area contributed by atoms with Crippen molar-refractivity contribution in [1.29, 1.82) is 5.26 Å². The molecule has 152 valence electrons. The number of carboxylic acids is 1. The molecule has 1 atom stereocenters. The summed E-state index contributed by atoms with van der Waals surface area (Å²) in [4.78, 5) is 22.6. The first-order valence-corrected chi connectivity index (χ1v) is 10.3. The van der Waals surface area contributed by atoms with Gasteiger partial charge in [-0.15, -0.1) is 0 Å². The summed E-state index contributed by atoms with van der Waals surface area (Å²) in [6.45, 7) is 7.46. The Bertz CT molecular complexity index is 880. The van der Waals surface area contributed by atoms with Crippen LogP contribution in [0.3, 0.4) is 0 Å². The van der Waals surface area contributed by atoms with E-state index in [4.69, 9.17) is 0 Å². The molecule has 1 saturated heterocycles. The van der Waals surface area contributed by atoms with Crippen LogP contribution >= 0.6 is 0 Å². The van der Waals surface area contributed by atoms with Gasteiger partial charge in [-0.2, -0.15) is 5.26 Å². The molecule has 0 aliphatic carbocycles. The van der Waals surface area contributed by atoms with Crippen molar-refractivity contribution in [2.75, 3.05) is 19.6 Å². The third-order valence-electron chi connectivity index (χ3n) is 5.93. The number of benzene rings is 1. The van der Waals surface area contributed by atoms with E-state index in [1.807, 2.05) is 18.2 Å². The lowest BCUT2D eigenvalue weighted by Gasteiger charge is -2.42. The van der Waals surface area contributed by atoms with Crippen molar-refractivity contribution in [3.63, 3.8) is 0 Å². The first kappa shape index (κ1) is 20.9. The second-order valence-corrected chi connectivity index (χ2v) is 8.07. The average Bonchev–Trinajstić information content (AvgIpc) is 2.74. The number of nitrogens with zero attached hydrogens (tertiary/aromatic N) is 4. The summed E-state index contributed by atoms with van der Waals surface area (Å²) < 4.78 is 0. The van der Waals surface area contributed by atoms with E-state index in [-0.39, 0.29) is 5.56 Å². The minimum Gasteiger partial charge on any atom is -0.478 e. The van der Waals surface area contributed by atoms with Crippen molar-refractivity contribution in [1.82, 2.24) is 14.9 Å². The second-order valence-electron chi connectivity index (χ2n) is 8.07. The highest BCUT2D eigenvalue weighted by Crippen LogP contribution is 2.40. The van der Waals surface area contributed by atoms with Gasteiger partial charge in [0.1, 0.15) is 5.82 Å². The third kappa shape index (κ3) is 4.63. The first-order valence-electron chi connectivity index (χ1n) is 10.3. The first-order chi connectivity index (χ1) is 14.0. The Morgan fingerprint density at radius 2 is 2.00 bits per heavy atom. The number of rotatable bonds is 7. The van der Waals surface area contributed by atoms with E-state index < -0.39 is 11.4 Å². The molecule has 1 N–H and O–H groups in total. The summed E-state index contributed by atoms with van der Waals surface area (Å²) in [7, 11) is 0. The molecule has 6 heteroatoms. The van der Waals surface area contributed by atoms with Gasteiger partial charge in [-0.05, 0) is 56.0 Å². The van der Waals surface area contributed by atoms with Crippen LogP contribution in [0.5, 0.6) is 0 Å². The molecular weight excluding hydrogens is 364 g/mol. The van der Waals surface area contributed by atoms with Gasteiger partial charge in [-0.1, -0.05) is 32.4 Å². The number of nitriles is 1. The summed E-state index contributed by atoms with van der Waals surface area (Å²) in [5.41, 5.74) is 1.32. The fourth-order valence-electron chi connectivity index (χ4n) is 4.36. The van der Waals surface area contributed by atoms with Crippen LogP contribution in [0.15, 0.2) is 36.7 Å². The molecule has 2 aromatic rings. The van der Waals surface area contributed by atoms with Crippen molar-refractivity contribution in [3.05, 3.63) is 59.2 Å². The zero-order valence-electron chi connectivity index (χ0n) is 17.1. The lowest BCUT2D eigenvalue weighted by molar-refractivity contribution is 0.0695. The number of aromatic nitrogens is 2. The Balaban J connectivity index is 1.91. The Hall–Kier alpha value is -2.78. The number of likely N-dealkylation sites (tertiary alicyclic amines) is 1. The van der Waals surface area contributed by atoms with Crippen LogP contribution in [-0.4, -0.2) is 45.6 Å². The van der Waals surface area contributed by atoms with E-state index in [0.29, 0.717) is 17.3 Å². The monoisotopic (exact) mass is 392 g/mol. The van der Waals surface area contributed by atoms with Gasteiger partial charge < -0.3 is 10.0 Å². The van der Waals surface area contributed by atoms with Gasteiger partial charge in [0.2, 0.25) is 0 Å². The van der Waals surface area contributed by atoms with Crippen LogP contribution in [0.1, 0.15) is 66.8 Å². The van der Waals surface area contributed by atoms with Gasteiger partial charge in [0.15, 0.2) is 0 Å². The van der Waals surface area contributed by atoms with Crippen molar-refractivity contribution in [2.45, 2.75) is 44.9 Å². The van der Waals surface area contributed by atoms with Crippen LogP contribution in [0, 0.1) is 17.2 Å². The molecule has 1 aromatic carbocycles. The van der Waals surface area contributed by atoms with Crippen LogP contribution in [0.25, 0.3) is 0 Å². The van der Waals surface area contributed by atoms with Crippen molar-refractivity contribution < 1.29 is 9.90 Å². The number of hydrogen-bond acceptors (Lipinski definition) is 5. The standard InChI is InChI=1S/C23H28N4O2/c1-3-5-17(2)16-27-10-8-23(9-11-27,20-7-4-6-18(12-20)13-24)22-25-14-19(15-26-22)21(28)29/h4,6-7,12,14-15,17H,3,5,8-11,16H2,1-2H3,(H,28,29). The van der Waals surface area contributed by atoms with Gasteiger partial charge in [0.05, 0.1) is 22.6 Å². The summed E-state index contributed by atoms with van der Waals surface area (Å²) in [6, 6.07) is 9.87. The maximum atomic E-state index is 11.2. The quantitative estimate of drug-likeness (QED) is 0.769. The van der Waals surface area contributed by atoms with E-state index in [1.54, 1.807) is 6.07 Å². The Labute approximate surface area is 172 Å². The molecule has 2 heterocycles. The van der Waals surface area contributed by atoms with Gasteiger partial charge >= 0.3 is 5.97 Å². The molecule has 1 aliphatic rings. The van der Waals surface area contributed by atoms with Gasteiger partial charge in [0.25, 0.3) is 0 Å². The number of aromatic carboxylic acids is 1. The highest BCUT2D eigenvalue weighted by Gasteiger charge is 2.40. The van der Waals surface area contributed by atoms with Crippen molar-refractivity contribution in [3.8, 4) is 6.07 Å². The van der Waals surface area contributed by atoms with Crippen LogP contribution in [0.4, 0.5) is 0 Å². The number of carboxylic acid groups (broad SMARTS) is 1. The second kappa shape index (κ2) is 9.15. The summed E-state index contributed by atoms with van der Waals surface area (Å²) in [5.74, 6) is 0.274. The van der Waals surface area contributed by atoms with Crippen molar-refractivity contribution in [2.24, 2.45) is 5.92 Å². The van der Waals surface area contributed by atoms with Gasteiger partial charge in [-0.3, -0.25) is 0 Å². The molecule has 3 rings (SSSR count). The molecular formula is C23H28N4O2. The molecule has 1 aromatic heterocycles. The van der Waals surface area contributed by atoms with E-state index in [1.165, 1.54) is 25.2 Å². The third-order valence-corrected chi connectivity index (χ3v) is 5.93. The summed E-state index contributed by atoms with van der Waals surface area (Å²) in [5, 5.41) is 18.5. The minimum atomic E-state index is -1.03. The molecule has 0 bridgehead atoms. The van der Waals surface area contributed by atoms with E-state index in [0.717, 1.165) is 38.0 Å². The molecule has 1 unspecified atom stereocenters. The molecule has 0 spiro atoms. The molecule has 0 saturated carbocycles. The fourth-order valence-corrected chi connectivity index (χ4v) is 4.36. The van der Waals surface area contributed by atoms with Crippen LogP contribution in [-0.2, 0) is 5.41 Å². The number of piperidine rings is 1. The van der Waals surface area contributed by atoms with Gasteiger partial charge in [0, 0.05) is 18.9 Å². The zero-order chi connectivity index (χ0) is 20.9. The number of hydrogen-bond donors (Lipinski definition) is 1. The Morgan fingerprint density at radius 3 is 2.59 bits per heavy atom. The SMILES string of the molecule is CCCC(C)CN1CCC(c2cccc(C#N)c2)(c2ncc(C(=O)O)cn2)CC1. The highest BCUT2D eigenvalue weighted by molar-refractivity contribution is 5.86. The van der Waals surface area contributed by atoms with E-state index in [9.17, 15) is 15.2 Å². The van der Waals surface area contributed by atoms with Gasteiger partial charge in [-0.25, -0.2) is 14.8 Å². The predicted molar refractivity (Wildman–Crippen MR) is 111 cm³/mol. The van der Waals surface area contributed by atoms with Crippen LogP contribution < -0.4 is 0 Å². The van der Waals surface area contributed by atoms with E-state index in [2.05, 4.69) is 34.8 Å². The molecule has 1 fully saturated rings. The molecule has 1 aliphatic heterocycles. The predicted octanol–water partition coefficient (Wildman–Crippen LogP) is 3.86. The lowest BCUT2D eigenvalue weighted by Crippen LogP contribution is -2.45. The lowest BCUT2D eigenvalue weighted by atomic mass is 9.71. The van der Waals surface area contributed by atoms with E-state index >= 15 is 0 Å². The molecule has 0 amide bonds. The maximum Gasteiger partial charge on any atom is 0.338 e. The normalized spacial score (nSPS) is 17.4. The summed E-state index contributed by atoms with van der Waals surface area (Å²) >= 11 is 0. The van der Waals surface area contributed by atoms with Crippen LogP contribution in [0.2, 0.25) is 0 Å². The average molecular weight is 393 g/mol. The molecule has 0 radical (unpaired) electrons. The molecule has 6 nitrogen and oxygen atoms in total. The fraction of sp³-hybridized carbons (Fsp3) is 0.478. The Morgan fingerprint density at radius 1 is 1.31 bits per heavy atom. The topological polar surface area (TPSA) is 90.1 Å². The highest BCUT2D eigenvalue weighted by atomic mass is 16.4. The molecule has 29 heavy (non-hydrogen) atoms. The maximum absolute atomic E-state index is 11.2. The largest absolute Gasteiger partial charge is 0.478 e.